The largest absolute Gasteiger partial charge is 0.292 e. The van der Waals surface area contributed by atoms with E-state index in [0.717, 1.165) is 18.4 Å². The van der Waals surface area contributed by atoms with E-state index >= 15 is 0 Å². The number of halogens is 1. The van der Waals surface area contributed by atoms with Crippen LogP contribution in [0.2, 0.25) is 0 Å². The smallest absolute Gasteiger partial charge is 0.238 e. The Balaban J connectivity index is 2.66. The molecule has 0 spiro atoms. The molecule has 0 saturated heterocycles. The van der Waals surface area contributed by atoms with Gasteiger partial charge in [0.15, 0.2) is 5.82 Å². The fourth-order valence-corrected chi connectivity index (χ4v) is 1.88. The van der Waals surface area contributed by atoms with Crippen LogP contribution in [0, 0.1) is 11.7 Å². The summed E-state index contributed by atoms with van der Waals surface area (Å²) < 4.78 is 13.2. The maximum absolute atomic E-state index is 13.2. The van der Waals surface area contributed by atoms with Gasteiger partial charge < -0.3 is 0 Å². The Morgan fingerprint density at radius 3 is 3.00 bits per heavy atom. The summed E-state index contributed by atoms with van der Waals surface area (Å²) >= 11 is 1.39. The molecule has 84 valence electrons. The normalized spacial score (nSPS) is 12.5. The van der Waals surface area contributed by atoms with Crippen molar-refractivity contribution in [3.05, 3.63) is 12.0 Å². The monoisotopic (exact) mass is 230 g/mol. The molecule has 0 aliphatic heterocycles. The zero-order chi connectivity index (χ0) is 11.3. The van der Waals surface area contributed by atoms with Gasteiger partial charge in [0.2, 0.25) is 5.95 Å². The van der Waals surface area contributed by atoms with Crippen LogP contribution in [-0.4, -0.2) is 15.7 Å². The predicted molar refractivity (Wildman–Crippen MR) is 60.0 cm³/mol. The van der Waals surface area contributed by atoms with Gasteiger partial charge in [-0.3, -0.25) is 5.43 Å². The Morgan fingerprint density at radius 1 is 1.67 bits per heavy atom. The van der Waals surface area contributed by atoms with E-state index in [1.807, 2.05) is 0 Å². The lowest BCUT2D eigenvalue weighted by atomic mass is 10.2. The molecule has 6 heteroatoms. The minimum Gasteiger partial charge on any atom is -0.292 e. The number of nitrogens with zero attached hydrogens (tertiary/aromatic N) is 2. The molecule has 0 aliphatic rings. The zero-order valence-electron chi connectivity index (χ0n) is 8.83. The van der Waals surface area contributed by atoms with Gasteiger partial charge >= 0.3 is 0 Å². The molecule has 0 amide bonds. The van der Waals surface area contributed by atoms with Crippen molar-refractivity contribution in [2.75, 3.05) is 11.2 Å². The van der Waals surface area contributed by atoms with Crippen LogP contribution in [0.3, 0.4) is 0 Å². The summed E-state index contributed by atoms with van der Waals surface area (Å²) in [7, 11) is 0. The molecule has 1 rings (SSSR count). The van der Waals surface area contributed by atoms with Gasteiger partial charge in [-0.2, -0.15) is 0 Å². The number of nitrogens with one attached hydrogen (secondary N) is 1. The summed E-state index contributed by atoms with van der Waals surface area (Å²) in [5, 5.41) is 0.346. The number of nitrogens with two attached hydrogens (primary N) is 1. The van der Waals surface area contributed by atoms with Crippen LogP contribution in [0.5, 0.6) is 0 Å². The first-order chi connectivity index (χ1) is 7.17. The van der Waals surface area contributed by atoms with Crippen molar-refractivity contribution in [1.82, 2.24) is 9.97 Å². The molecule has 0 fully saturated rings. The number of aromatic nitrogens is 2. The maximum Gasteiger partial charge on any atom is 0.238 e. The van der Waals surface area contributed by atoms with Crippen LogP contribution in [0.4, 0.5) is 10.3 Å². The Labute approximate surface area is 92.8 Å². The maximum atomic E-state index is 13.2. The molecule has 1 heterocycles. The lowest BCUT2D eigenvalue weighted by Gasteiger charge is -2.08. The van der Waals surface area contributed by atoms with Crippen molar-refractivity contribution >= 4 is 17.7 Å². The van der Waals surface area contributed by atoms with Crippen LogP contribution in [0.25, 0.3) is 0 Å². The van der Waals surface area contributed by atoms with Crippen molar-refractivity contribution < 1.29 is 4.39 Å². The van der Waals surface area contributed by atoms with Crippen LogP contribution in [0.1, 0.15) is 20.3 Å². The highest BCUT2D eigenvalue weighted by Gasteiger charge is 2.08. The Bertz CT molecular complexity index is 321. The van der Waals surface area contributed by atoms with Crippen LogP contribution in [0.15, 0.2) is 11.2 Å². The highest BCUT2D eigenvalue weighted by atomic mass is 32.2. The summed E-state index contributed by atoms with van der Waals surface area (Å²) in [6.07, 6.45) is 2.20. The molecule has 0 aliphatic carbocycles. The van der Waals surface area contributed by atoms with Gasteiger partial charge in [-0.15, -0.1) is 11.8 Å². The molecule has 3 N–H and O–H groups in total. The van der Waals surface area contributed by atoms with Crippen molar-refractivity contribution in [2.45, 2.75) is 25.3 Å². The first-order valence-corrected chi connectivity index (χ1v) is 5.77. The van der Waals surface area contributed by atoms with Crippen LogP contribution in [-0.2, 0) is 0 Å². The second-order valence-corrected chi connectivity index (χ2v) is 4.32. The third-order valence-electron chi connectivity index (χ3n) is 2.04. The zero-order valence-corrected chi connectivity index (χ0v) is 9.64. The number of anilines is 1. The van der Waals surface area contributed by atoms with Gasteiger partial charge in [0.1, 0.15) is 5.03 Å². The fourth-order valence-electron chi connectivity index (χ4n) is 0.861. The van der Waals surface area contributed by atoms with Crippen molar-refractivity contribution in [2.24, 2.45) is 11.8 Å². The van der Waals surface area contributed by atoms with E-state index in [0.29, 0.717) is 10.9 Å². The van der Waals surface area contributed by atoms with Crippen molar-refractivity contribution in [1.29, 1.82) is 0 Å². The van der Waals surface area contributed by atoms with E-state index in [4.69, 9.17) is 5.84 Å². The fraction of sp³-hybridized carbons (Fsp3) is 0.556. The van der Waals surface area contributed by atoms with Gasteiger partial charge in [0.25, 0.3) is 0 Å². The minimum absolute atomic E-state index is 0.239. The van der Waals surface area contributed by atoms with E-state index in [2.05, 4.69) is 29.2 Å². The summed E-state index contributed by atoms with van der Waals surface area (Å²) in [4.78, 5) is 7.61. The number of hydrogen-bond acceptors (Lipinski definition) is 5. The summed E-state index contributed by atoms with van der Waals surface area (Å²) in [6, 6.07) is 0. The number of thioether (sulfide) groups is 1. The van der Waals surface area contributed by atoms with Gasteiger partial charge in [0, 0.05) is 5.75 Å². The van der Waals surface area contributed by atoms with Crippen molar-refractivity contribution in [3.8, 4) is 0 Å². The molecule has 1 aromatic heterocycles. The summed E-state index contributed by atoms with van der Waals surface area (Å²) in [6.45, 7) is 4.22. The number of nitrogen functional groups attached to an aromatic ring is 1. The molecular weight excluding hydrogens is 215 g/mol. The van der Waals surface area contributed by atoms with Gasteiger partial charge in [-0.1, -0.05) is 20.3 Å². The van der Waals surface area contributed by atoms with E-state index < -0.39 is 5.82 Å². The minimum atomic E-state index is -0.401. The molecule has 0 radical (unpaired) electrons. The molecular formula is C9H15FN4S. The van der Waals surface area contributed by atoms with Gasteiger partial charge in [-0.05, 0) is 5.92 Å². The molecule has 0 bridgehead atoms. The Kier molecular flexibility index (Phi) is 4.77. The van der Waals surface area contributed by atoms with E-state index in [1.165, 1.54) is 11.8 Å². The first-order valence-electron chi connectivity index (χ1n) is 4.79. The van der Waals surface area contributed by atoms with E-state index in [9.17, 15) is 4.39 Å². The molecule has 0 saturated carbocycles. The quantitative estimate of drug-likeness (QED) is 0.351. The van der Waals surface area contributed by atoms with Gasteiger partial charge in [0.05, 0.1) is 6.20 Å². The molecule has 1 atom stereocenters. The number of rotatable bonds is 5. The van der Waals surface area contributed by atoms with E-state index in [1.54, 1.807) is 0 Å². The third-order valence-corrected chi connectivity index (χ3v) is 3.34. The summed E-state index contributed by atoms with van der Waals surface area (Å²) in [5.41, 5.74) is 2.29. The molecule has 15 heavy (non-hydrogen) atoms. The number of hydrogen-bond donors (Lipinski definition) is 2. The second kappa shape index (κ2) is 5.87. The SMILES string of the molecule is CCC(C)CSc1nc(NN)ncc1F. The predicted octanol–water partition coefficient (Wildman–Crippen LogP) is 2.04. The molecule has 1 aromatic rings. The van der Waals surface area contributed by atoms with Crippen LogP contribution >= 0.6 is 11.8 Å². The summed E-state index contributed by atoms with van der Waals surface area (Å²) in [5.74, 6) is 6.36. The lowest BCUT2D eigenvalue weighted by molar-refractivity contribution is 0.578. The molecule has 1 unspecified atom stereocenters. The van der Waals surface area contributed by atoms with E-state index in [-0.39, 0.29) is 5.95 Å². The third kappa shape index (κ3) is 3.64. The topological polar surface area (TPSA) is 63.8 Å². The standard InChI is InChI=1S/C9H15FN4S/c1-3-6(2)5-15-8-7(10)4-12-9(13-8)14-11/h4,6H,3,5,11H2,1-2H3,(H,12,13,14). The second-order valence-electron chi connectivity index (χ2n) is 3.32. The van der Waals surface area contributed by atoms with Crippen LogP contribution < -0.4 is 11.3 Å². The Morgan fingerprint density at radius 2 is 2.40 bits per heavy atom. The molecule has 0 aromatic carbocycles. The highest BCUT2D eigenvalue weighted by molar-refractivity contribution is 7.99. The average molecular weight is 230 g/mol. The lowest BCUT2D eigenvalue weighted by Crippen LogP contribution is -2.11. The van der Waals surface area contributed by atoms with Crippen molar-refractivity contribution in [3.63, 3.8) is 0 Å². The highest BCUT2D eigenvalue weighted by Crippen LogP contribution is 2.22. The number of hydrazine groups is 1. The molecule has 4 nitrogen and oxygen atoms in total. The van der Waals surface area contributed by atoms with Gasteiger partial charge in [-0.25, -0.2) is 20.2 Å². The Hall–Kier alpha value is -0.880. The first kappa shape index (κ1) is 12.2. The average Bonchev–Trinajstić information content (AvgIpc) is 2.27.